The van der Waals surface area contributed by atoms with Crippen LogP contribution in [0.25, 0.3) is 0 Å². The number of nitrogens with zero attached hydrogens (tertiary/aromatic N) is 3. The number of pyridine rings is 1. The molecule has 2 rings (SSSR count). The van der Waals surface area contributed by atoms with Crippen LogP contribution >= 0.6 is 11.6 Å². The number of hydrogen-bond donors (Lipinski definition) is 1. The van der Waals surface area contributed by atoms with Gasteiger partial charge in [0.05, 0.1) is 0 Å². The van der Waals surface area contributed by atoms with E-state index in [0.29, 0.717) is 17.3 Å². The van der Waals surface area contributed by atoms with Crippen molar-refractivity contribution in [2.24, 2.45) is 0 Å². The summed E-state index contributed by atoms with van der Waals surface area (Å²) in [6, 6.07) is 3.35. The summed E-state index contributed by atoms with van der Waals surface area (Å²) in [4.78, 5) is 20.9. The maximum atomic E-state index is 12.0. The van der Waals surface area contributed by atoms with Gasteiger partial charge in [0, 0.05) is 44.0 Å². The van der Waals surface area contributed by atoms with Gasteiger partial charge in [0.2, 0.25) is 0 Å². The molecule has 21 heavy (non-hydrogen) atoms. The topological polar surface area (TPSA) is 48.5 Å². The number of carbonyl (C=O) groups excluding carboxylic acids is 1. The molecule has 1 saturated heterocycles. The summed E-state index contributed by atoms with van der Waals surface area (Å²) in [6.45, 7) is 8.03. The lowest BCUT2D eigenvalue weighted by Gasteiger charge is -2.32. The summed E-state index contributed by atoms with van der Waals surface area (Å²) < 4.78 is 0. The summed E-state index contributed by atoms with van der Waals surface area (Å²) in [5, 5.41) is 3.30. The van der Waals surface area contributed by atoms with Gasteiger partial charge in [-0.05, 0) is 39.1 Å². The Labute approximate surface area is 131 Å². The summed E-state index contributed by atoms with van der Waals surface area (Å²) in [5.74, 6) is -0.0826. The number of aryl methyl sites for hydroxylation is 1. The summed E-state index contributed by atoms with van der Waals surface area (Å²) in [7, 11) is 2.15. The van der Waals surface area contributed by atoms with Crippen LogP contribution < -0.4 is 5.32 Å². The maximum Gasteiger partial charge on any atom is 0.251 e. The second-order valence-electron chi connectivity index (χ2n) is 5.57. The maximum absolute atomic E-state index is 12.0. The molecule has 116 valence electrons. The molecule has 5 nitrogen and oxygen atoms in total. The Hall–Kier alpha value is -1.17. The van der Waals surface area contributed by atoms with E-state index in [-0.39, 0.29) is 5.91 Å². The first kappa shape index (κ1) is 16.2. The predicted molar refractivity (Wildman–Crippen MR) is 84.9 cm³/mol. The van der Waals surface area contributed by atoms with Crippen LogP contribution in [0.1, 0.15) is 22.5 Å². The molecule has 1 aliphatic rings. The predicted octanol–water partition coefficient (Wildman–Crippen LogP) is 1.41. The Morgan fingerprint density at radius 1 is 1.33 bits per heavy atom. The second-order valence-corrected chi connectivity index (χ2v) is 5.96. The fourth-order valence-electron chi connectivity index (χ4n) is 2.44. The molecular weight excluding hydrogens is 288 g/mol. The third-order valence-corrected chi connectivity index (χ3v) is 3.91. The largest absolute Gasteiger partial charge is 0.352 e. The van der Waals surface area contributed by atoms with Crippen molar-refractivity contribution in [1.29, 1.82) is 0 Å². The zero-order chi connectivity index (χ0) is 15.2. The Kier molecular flexibility index (Phi) is 5.96. The van der Waals surface area contributed by atoms with Crippen LogP contribution in [0.3, 0.4) is 0 Å². The van der Waals surface area contributed by atoms with Crippen molar-refractivity contribution in [2.45, 2.75) is 13.3 Å². The van der Waals surface area contributed by atoms with E-state index in [0.717, 1.165) is 44.8 Å². The number of likely N-dealkylation sites (N-methyl/N-ethyl adjacent to an activating group) is 1. The standard InChI is InChI=1S/C15H23ClN4O/c1-12-10-13(11-14(16)18-12)15(21)17-4-3-5-20-8-6-19(2)7-9-20/h10-11H,3-9H2,1-2H3,(H,17,21). The smallest absolute Gasteiger partial charge is 0.251 e. The Morgan fingerprint density at radius 2 is 2.05 bits per heavy atom. The summed E-state index contributed by atoms with van der Waals surface area (Å²) in [6.07, 6.45) is 0.966. The molecule has 0 unspecified atom stereocenters. The van der Waals surface area contributed by atoms with Gasteiger partial charge in [0.15, 0.2) is 0 Å². The minimum absolute atomic E-state index is 0.0826. The quantitative estimate of drug-likeness (QED) is 0.660. The lowest BCUT2D eigenvalue weighted by Crippen LogP contribution is -2.45. The molecule has 1 N–H and O–H groups in total. The SMILES string of the molecule is Cc1cc(C(=O)NCCCN2CCN(C)CC2)cc(Cl)n1. The number of rotatable bonds is 5. The summed E-state index contributed by atoms with van der Waals surface area (Å²) in [5.41, 5.74) is 1.33. The van der Waals surface area contributed by atoms with Crippen molar-refractivity contribution < 1.29 is 4.79 Å². The first-order chi connectivity index (χ1) is 10.0. The van der Waals surface area contributed by atoms with Crippen LogP contribution in [0.4, 0.5) is 0 Å². The zero-order valence-electron chi connectivity index (χ0n) is 12.7. The van der Waals surface area contributed by atoms with E-state index >= 15 is 0 Å². The highest BCUT2D eigenvalue weighted by Gasteiger charge is 2.13. The van der Waals surface area contributed by atoms with Crippen molar-refractivity contribution in [3.8, 4) is 0 Å². The molecule has 6 heteroatoms. The second kappa shape index (κ2) is 7.73. The van der Waals surface area contributed by atoms with Gasteiger partial charge in [-0.25, -0.2) is 4.98 Å². The van der Waals surface area contributed by atoms with E-state index in [4.69, 9.17) is 11.6 Å². The lowest BCUT2D eigenvalue weighted by molar-refractivity contribution is 0.0949. The highest BCUT2D eigenvalue weighted by Crippen LogP contribution is 2.10. The molecule has 0 aromatic carbocycles. The molecule has 1 aromatic heterocycles. The highest BCUT2D eigenvalue weighted by atomic mass is 35.5. The van der Waals surface area contributed by atoms with E-state index < -0.39 is 0 Å². The van der Waals surface area contributed by atoms with Crippen LogP contribution in [0.5, 0.6) is 0 Å². The molecule has 0 saturated carbocycles. The monoisotopic (exact) mass is 310 g/mol. The zero-order valence-corrected chi connectivity index (χ0v) is 13.5. The van der Waals surface area contributed by atoms with Crippen LogP contribution in [-0.4, -0.2) is 67.0 Å². The average Bonchev–Trinajstić information content (AvgIpc) is 2.44. The van der Waals surface area contributed by atoms with E-state index in [2.05, 4.69) is 27.1 Å². The lowest BCUT2D eigenvalue weighted by atomic mass is 10.2. The van der Waals surface area contributed by atoms with Gasteiger partial charge in [0.1, 0.15) is 5.15 Å². The fourth-order valence-corrected chi connectivity index (χ4v) is 2.69. The molecule has 1 amide bonds. The molecular formula is C15H23ClN4O. The first-order valence-electron chi connectivity index (χ1n) is 7.38. The molecule has 0 atom stereocenters. The van der Waals surface area contributed by atoms with E-state index in [1.165, 1.54) is 0 Å². The number of piperazine rings is 1. The van der Waals surface area contributed by atoms with Gasteiger partial charge in [-0.1, -0.05) is 11.6 Å². The molecule has 0 spiro atoms. The number of carbonyl (C=O) groups is 1. The highest BCUT2D eigenvalue weighted by molar-refractivity contribution is 6.29. The van der Waals surface area contributed by atoms with Gasteiger partial charge in [0.25, 0.3) is 5.91 Å². The van der Waals surface area contributed by atoms with Crippen molar-refractivity contribution in [1.82, 2.24) is 20.1 Å². The minimum Gasteiger partial charge on any atom is -0.352 e. The number of nitrogens with one attached hydrogen (secondary N) is 1. The van der Waals surface area contributed by atoms with Gasteiger partial charge in [-0.2, -0.15) is 0 Å². The van der Waals surface area contributed by atoms with Crippen LogP contribution in [0.15, 0.2) is 12.1 Å². The molecule has 1 fully saturated rings. The Morgan fingerprint density at radius 3 is 2.71 bits per heavy atom. The Balaban J connectivity index is 1.69. The average molecular weight is 311 g/mol. The third-order valence-electron chi connectivity index (χ3n) is 3.72. The molecule has 0 bridgehead atoms. The van der Waals surface area contributed by atoms with E-state index in [1.54, 1.807) is 12.1 Å². The summed E-state index contributed by atoms with van der Waals surface area (Å²) >= 11 is 5.87. The van der Waals surface area contributed by atoms with Gasteiger partial charge in [-0.3, -0.25) is 4.79 Å². The fraction of sp³-hybridized carbons (Fsp3) is 0.600. The number of amides is 1. The normalized spacial score (nSPS) is 16.9. The van der Waals surface area contributed by atoms with Gasteiger partial charge < -0.3 is 15.1 Å². The molecule has 1 aliphatic heterocycles. The number of aromatic nitrogens is 1. The van der Waals surface area contributed by atoms with Crippen LogP contribution in [0.2, 0.25) is 5.15 Å². The van der Waals surface area contributed by atoms with Crippen molar-refractivity contribution >= 4 is 17.5 Å². The van der Waals surface area contributed by atoms with Crippen molar-refractivity contribution in [3.63, 3.8) is 0 Å². The van der Waals surface area contributed by atoms with Gasteiger partial charge >= 0.3 is 0 Å². The third kappa shape index (κ3) is 5.26. The van der Waals surface area contributed by atoms with Crippen LogP contribution in [0, 0.1) is 6.92 Å². The number of halogens is 1. The van der Waals surface area contributed by atoms with Crippen LogP contribution in [-0.2, 0) is 0 Å². The molecule has 0 aliphatic carbocycles. The Bertz CT molecular complexity index is 466. The van der Waals surface area contributed by atoms with Gasteiger partial charge in [-0.15, -0.1) is 0 Å². The van der Waals surface area contributed by atoms with Crippen molar-refractivity contribution in [3.05, 3.63) is 28.5 Å². The van der Waals surface area contributed by atoms with Crippen molar-refractivity contribution in [2.75, 3.05) is 46.3 Å². The molecule has 2 heterocycles. The first-order valence-corrected chi connectivity index (χ1v) is 7.75. The molecule has 1 aromatic rings. The molecule has 0 radical (unpaired) electrons. The van der Waals surface area contributed by atoms with E-state index in [1.807, 2.05) is 6.92 Å². The number of hydrogen-bond acceptors (Lipinski definition) is 4. The minimum atomic E-state index is -0.0826. The van der Waals surface area contributed by atoms with E-state index in [9.17, 15) is 4.79 Å².